The van der Waals surface area contributed by atoms with E-state index in [-0.39, 0.29) is 5.91 Å². The molecule has 3 fully saturated rings. The lowest BCUT2D eigenvalue weighted by atomic mass is 9.79. The number of hydrogen-bond donors (Lipinski definition) is 1. The number of aromatic nitrogens is 2. The van der Waals surface area contributed by atoms with Gasteiger partial charge in [-0.15, -0.1) is 0 Å². The molecular weight excluding hydrogens is 292 g/mol. The van der Waals surface area contributed by atoms with E-state index in [0.717, 1.165) is 71.5 Å². The maximum Gasteiger partial charge on any atom is 0.250 e. The Balaban J connectivity index is 1.56. The number of amides is 1. The minimum Gasteiger partial charge on any atom is -0.381 e. The van der Waals surface area contributed by atoms with Gasteiger partial charge < -0.3 is 15.0 Å². The van der Waals surface area contributed by atoms with E-state index in [2.05, 4.69) is 15.3 Å². The summed E-state index contributed by atoms with van der Waals surface area (Å²) in [6.07, 6.45) is 8.67. The number of rotatable bonds is 2. The van der Waals surface area contributed by atoms with Crippen molar-refractivity contribution in [1.29, 1.82) is 0 Å². The Labute approximate surface area is 137 Å². The van der Waals surface area contributed by atoms with Crippen molar-refractivity contribution in [2.24, 2.45) is 5.41 Å². The zero-order valence-corrected chi connectivity index (χ0v) is 13.7. The summed E-state index contributed by atoms with van der Waals surface area (Å²) in [4.78, 5) is 15.6. The highest BCUT2D eigenvalue weighted by Crippen LogP contribution is 2.41. The molecular formula is C17H26N4O2. The number of ether oxygens (including phenoxy) is 1. The quantitative estimate of drug-likeness (QED) is 0.883. The minimum absolute atomic E-state index is 0.270. The van der Waals surface area contributed by atoms with Crippen LogP contribution in [0.2, 0.25) is 0 Å². The summed E-state index contributed by atoms with van der Waals surface area (Å²) >= 11 is 0. The van der Waals surface area contributed by atoms with Gasteiger partial charge in [0.15, 0.2) is 0 Å². The van der Waals surface area contributed by atoms with Gasteiger partial charge >= 0.3 is 0 Å². The first-order valence-corrected chi connectivity index (χ1v) is 8.82. The number of hydrogen-bond acceptors (Lipinski definition) is 4. The van der Waals surface area contributed by atoms with Crippen molar-refractivity contribution in [1.82, 2.24) is 20.0 Å². The monoisotopic (exact) mass is 318 g/mol. The van der Waals surface area contributed by atoms with Crippen LogP contribution in [-0.2, 0) is 15.1 Å². The van der Waals surface area contributed by atoms with Crippen LogP contribution in [0.15, 0.2) is 18.5 Å². The van der Waals surface area contributed by atoms with Gasteiger partial charge in [-0.3, -0.25) is 9.48 Å². The predicted octanol–water partition coefficient (Wildman–Crippen LogP) is 0.991. The zero-order valence-electron chi connectivity index (χ0n) is 13.7. The molecule has 1 spiro atoms. The molecule has 3 aliphatic heterocycles. The van der Waals surface area contributed by atoms with Crippen LogP contribution in [0.1, 0.15) is 32.1 Å². The molecule has 0 unspecified atom stereocenters. The van der Waals surface area contributed by atoms with Crippen LogP contribution < -0.4 is 5.32 Å². The molecule has 4 heterocycles. The van der Waals surface area contributed by atoms with Crippen LogP contribution in [0.3, 0.4) is 0 Å². The average molecular weight is 318 g/mol. The SMILES string of the molecule is O=C(N1CCC2(CCOCC2)C1)C1(n2cccn2)CCNCC1. The topological polar surface area (TPSA) is 59.4 Å². The largest absolute Gasteiger partial charge is 0.381 e. The molecule has 4 rings (SSSR count). The highest BCUT2D eigenvalue weighted by molar-refractivity contribution is 5.85. The van der Waals surface area contributed by atoms with Gasteiger partial charge in [0.05, 0.1) is 0 Å². The molecule has 1 aromatic rings. The van der Waals surface area contributed by atoms with Gasteiger partial charge in [0, 0.05) is 38.7 Å². The maximum absolute atomic E-state index is 13.5. The Kier molecular flexibility index (Phi) is 3.89. The van der Waals surface area contributed by atoms with Crippen molar-refractivity contribution in [3.05, 3.63) is 18.5 Å². The Morgan fingerprint density at radius 1 is 1.13 bits per heavy atom. The second kappa shape index (κ2) is 5.91. The highest BCUT2D eigenvalue weighted by Gasteiger charge is 2.49. The number of carbonyl (C=O) groups is 1. The molecule has 126 valence electrons. The molecule has 0 aromatic carbocycles. The minimum atomic E-state index is -0.495. The van der Waals surface area contributed by atoms with Crippen molar-refractivity contribution in [3.8, 4) is 0 Å². The van der Waals surface area contributed by atoms with Gasteiger partial charge in [0.25, 0.3) is 5.91 Å². The van der Waals surface area contributed by atoms with E-state index >= 15 is 0 Å². The molecule has 23 heavy (non-hydrogen) atoms. The molecule has 6 heteroatoms. The summed E-state index contributed by atoms with van der Waals surface area (Å²) in [7, 11) is 0. The lowest BCUT2D eigenvalue weighted by molar-refractivity contribution is -0.142. The molecule has 0 saturated carbocycles. The molecule has 0 radical (unpaired) electrons. The molecule has 1 amide bonds. The van der Waals surface area contributed by atoms with Crippen LogP contribution in [0, 0.1) is 5.41 Å². The smallest absolute Gasteiger partial charge is 0.250 e. The van der Waals surface area contributed by atoms with Crippen LogP contribution in [0.25, 0.3) is 0 Å². The molecule has 0 bridgehead atoms. The number of carbonyl (C=O) groups excluding carboxylic acids is 1. The summed E-state index contributed by atoms with van der Waals surface area (Å²) < 4.78 is 7.43. The summed E-state index contributed by atoms with van der Waals surface area (Å²) in [6.45, 7) is 5.21. The third-order valence-electron chi connectivity index (χ3n) is 6.05. The van der Waals surface area contributed by atoms with Gasteiger partial charge in [0.2, 0.25) is 0 Å². The lowest BCUT2D eigenvalue weighted by Crippen LogP contribution is -2.55. The van der Waals surface area contributed by atoms with E-state index in [4.69, 9.17) is 4.74 Å². The van der Waals surface area contributed by atoms with E-state index in [0.29, 0.717) is 5.41 Å². The van der Waals surface area contributed by atoms with Gasteiger partial charge in [0.1, 0.15) is 5.54 Å². The normalized spacial score (nSPS) is 26.5. The fourth-order valence-corrected chi connectivity index (χ4v) is 4.52. The van der Waals surface area contributed by atoms with Crippen LogP contribution in [0.5, 0.6) is 0 Å². The molecule has 3 aliphatic rings. The van der Waals surface area contributed by atoms with E-state index in [9.17, 15) is 4.79 Å². The number of nitrogens with zero attached hydrogens (tertiary/aromatic N) is 3. The van der Waals surface area contributed by atoms with E-state index in [1.165, 1.54) is 0 Å². The number of likely N-dealkylation sites (tertiary alicyclic amines) is 1. The van der Waals surface area contributed by atoms with Gasteiger partial charge in [-0.2, -0.15) is 5.10 Å². The van der Waals surface area contributed by atoms with Crippen molar-refractivity contribution in [3.63, 3.8) is 0 Å². The van der Waals surface area contributed by atoms with Crippen molar-refractivity contribution in [2.75, 3.05) is 39.4 Å². The number of nitrogens with one attached hydrogen (secondary N) is 1. The van der Waals surface area contributed by atoms with Gasteiger partial charge in [-0.25, -0.2) is 0 Å². The summed E-state index contributed by atoms with van der Waals surface area (Å²) in [5.41, 5.74) is -0.197. The molecule has 1 aromatic heterocycles. The fourth-order valence-electron chi connectivity index (χ4n) is 4.52. The standard InChI is InChI=1S/C17H26N4O2/c22-15(20-11-4-16(14-20)5-12-23-13-6-16)17(2-8-18-9-3-17)21-10-1-7-19-21/h1,7,10,18H,2-6,8-9,11-14H2. The first-order chi connectivity index (χ1) is 11.2. The molecule has 0 atom stereocenters. The predicted molar refractivity (Wildman–Crippen MR) is 86.0 cm³/mol. The third kappa shape index (κ3) is 2.58. The van der Waals surface area contributed by atoms with E-state index < -0.39 is 5.54 Å². The molecule has 6 nitrogen and oxygen atoms in total. The first kappa shape index (κ1) is 15.1. The summed E-state index contributed by atoms with van der Waals surface area (Å²) in [5, 5.41) is 7.81. The van der Waals surface area contributed by atoms with Crippen LogP contribution >= 0.6 is 0 Å². The first-order valence-electron chi connectivity index (χ1n) is 8.82. The van der Waals surface area contributed by atoms with Crippen molar-refractivity contribution in [2.45, 2.75) is 37.6 Å². The van der Waals surface area contributed by atoms with Crippen molar-refractivity contribution < 1.29 is 9.53 Å². The Morgan fingerprint density at radius 3 is 2.61 bits per heavy atom. The summed E-state index contributed by atoms with van der Waals surface area (Å²) in [6, 6.07) is 1.92. The zero-order chi connectivity index (χ0) is 15.8. The van der Waals surface area contributed by atoms with Crippen molar-refractivity contribution >= 4 is 5.91 Å². The Bertz CT molecular complexity index is 545. The van der Waals surface area contributed by atoms with E-state index in [1.54, 1.807) is 6.20 Å². The van der Waals surface area contributed by atoms with E-state index in [1.807, 2.05) is 16.9 Å². The second-order valence-corrected chi connectivity index (χ2v) is 7.32. The second-order valence-electron chi connectivity index (χ2n) is 7.32. The maximum atomic E-state index is 13.5. The average Bonchev–Trinajstić information content (AvgIpc) is 3.26. The van der Waals surface area contributed by atoms with Gasteiger partial charge in [-0.1, -0.05) is 0 Å². The third-order valence-corrected chi connectivity index (χ3v) is 6.05. The van der Waals surface area contributed by atoms with Crippen LogP contribution in [0.4, 0.5) is 0 Å². The molecule has 0 aliphatic carbocycles. The lowest BCUT2D eigenvalue weighted by Gasteiger charge is -2.40. The highest BCUT2D eigenvalue weighted by atomic mass is 16.5. The molecule has 3 saturated heterocycles. The fraction of sp³-hybridized carbons (Fsp3) is 0.765. The van der Waals surface area contributed by atoms with Gasteiger partial charge in [-0.05, 0) is 56.7 Å². The number of piperidine rings is 1. The van der Waals surface area contributed by atoms with Crippen LogP contribution in [-0.4, -0.2) is 60.0 Å². The Morgan fingerprint density at radius 2 is 1.91 bits per heavy atom. The Hall–Kier alpha value is -1.40. The summed E-state index contributed by atoms with van der Waals surface area (Å²) in [5.74, 6) is 0.270. The molecule has 1 N–H and O–H groups in total.